The molecule has 0 saturated heterocycles. The van der Waals surface area contributed by atoms with Crippen LogP contribution >= 0.6 is 0 Å². The Bertz CT molecular complexity index is 1120. The van der Waals surface area contributed by atoms with Crippen LogP contribution in [0.2, 0.25) is 0 Å². The van der Waals surface area contributed by atoms with Gasteiger partial charge in [0, 0.05) is 19.3 Å². The molecule has 0 fully saturated rings. The van der Waals surface area contributed by atoms with Crippen molar-refractivity contribution in [3.8, 4) is 0 Å². The summed E-state index contributed by atoms with van der Waals surface area (Å²) in [5, 5.41) is 0. The van der Waals surface area contributed by atoms with Crippen molar-refractivity contribution in [3.05, 3.63) is 60.8 Å². The number of carbonyl (C=O) groups is 3. The monoisotopic (exact) mass is 853 g/mol. The van der Waals surface area contributed by atoms with E-state index in [9.17, 15) is 14.4 Å². The van der Waals surface area contributed by atoms with Crippen molar-refractivity contribution in [1.82, 2.24) is 0 Å². The molecule has 0 unspecified atom stereocenters. The number of allylic oxidation sites excluding steroid dienone is 10. The molecule has 0 heterocycles. The summed E-state index contributed by atoms with van der Waals surface area (Å²) < 4.78 is 16.7. The van der Waals surface area contributed by atoms with Gasteiger partial charge >= 0.3 is 17.9 Å². The van der Waals surface area contributed by atoms with E-state index in [4.69, 9.17) is 14.2 Å². The quantitative estimate of drug-likeness (QED) is 0.0263. The van der Waals surface area contributed by atoms with Crippen molar-refractivity contribution < 1.29 is 28.6 Å². The molecule has 1 atom stereocenters. The molecule has 0 spiro atoms. The predicted octanol–water partition coefficient (Wildman–Crippen LogP) is 16.9. The molecule has 352 valence electrons. The Labute approximate surface area is 377 Å². The summed E-state index contributed by atoms with van der Waals surface area (Å²) in [5.41, 5.74) is 0. The fraction of sp³-hybridized carbons (Fsp3) is 0.764. The first kappa shape index (κ1) is 58.1. The molecule has 0 bridgehead atoms. The molecule has 6 nitrogen and oxygen atoms in total. The van der Waals surface area contributed by atoms with Crippen molar-refractivity contribution in [2.75, 3.05) is 13.2 Å². The van der Waals surface area contributed by atoms with Crippen molar-refractivity contribution in [3.63, 3.8) is 0 Å². The molecule has 0 aromatic rings. The summed E-state index contributed by atoms with van der Waals surface area (Å²) >= 11 is 0. The number of esters is 3. The molecule has 6 heteroatoms. The highest BCUT2D eigenvalue weighted by Crippen LogP contribution is 2.15. The van der Waals surface area contributed by atoms with E-state index in [1.54, 1.807) is 0 Å². The molecule has 0 aromatic heterocycles. The minimum atomic E-state index is -0.798. The van der Waals surface area contributed by atoms with Crippen LogP contribution in [0.15, 0.2) is 60.8 Å². The van der Waals surface area contributed by atoms with E-state index in [0.717, 1.165) is 64.2 Å². The van der Waals surface area contributed by atoms with E-state index in [-0.39, 0.29) is 37.5 Å². The Morgan fingerprint density at radius 2 is 0.623 bits per heavy atom. The van der Waals surface area contributed by atoms with Gasteiger partial charge in [-0.3, -0.25) is 14.4 Å². The minimum absolute atomic E-state index is 0.0937. The Morgan fingerprint density at radius 3 is 1.02 bits per heavy atom. The van der Waals surface area contributed by atoms with Crippen LogP contribution in [0, 0.1) is 0 Å². The first-order valence-electron chi connectivity index (χ1n) is 25.8. The number of unbranched alkanes of at least 4 members (excludes halogenated alkanes) is 25. The third-order valence-corrected chi connectivity index (χ3v) is 11.0. The Balaban J connectivity index is 4.45. The Kier molecular flexibility index (Phi) is 47.4. The zero-order chi connectivity index (χ0) is 44.4. The zero-order valence-corrected chi connectivity index (χ0v) is 40.2. The smallest absolute Gasteiger partial charge is 0.306 e. The highest BCUT2D eigenvalue weighted by atomic mass is 16.6. The van der Waals surface area contributed by atoms with Gasteiger partial charge < -0.3 is 14.2 Å². The SMILES string of the molecule is CCCCC/C=C\C/C=C\C/C=C\C/C=C\C/C=C\CCC(=O)OC[C@H](COC(=O)CCCCCCCCCCCCCC)OC(=O)CCCCCCCCCCCCCC. The van der Waals surface area contributed by atoms with Crippen LogP contribution < -0.4 is 0 Å². The summed E-state index contributed by atoms with van der Waals surface area (Å²) in [7, 11) is 0. The average Bonchev–Trinajstić information content (AvgIpc) is 3.26. The van der Waals surface area contributed by atoms with Crippen molar-refractivity contribution in [1.29, 1.82) is 0 Å². The predicted molar refractivity (Wildman–Crippen MR) is 261 cm³/mol. The van der Waals surface area contributed by atoms with Crippen LogP contribution in [0.1, 0.15) is 252 Å². The summed E-state index contributed by atoms with van der Waals surface area (Å²) in [5.74, 6) is -0.975. The maximum Gasteiger partial charge on any atom is 0.306 e. The second kappa shape index (κ2) is 49.8. The fourth-order valence-corrected chi connectivity index (χ4v) is 7.13. The summed E-state index contributed by atoms with van der Waals surface area (Å²) in [6, 6.07) is 0. The summed E-state index contributed by atoms with van der Waals surface area (Å²) in [4.78, 5) is 37.9. The topological polar surface area (TPSA) is 78.9 Å². The summed E-state index contributed by atoms with van der Waals surface area (Å²) in [6.45, 7) is 6.54. The Morgan fingerprint density at radius 1 is 0.328 bits per heavy atom. The average molecular weight is 853 g/mol. The number of hydrogen-bond donors (Lipinski definition) is 0. The van der Waals surface area contributed by atoms with Crippen molar-refractivity contribution in [2.45, 2.75) is 258 Å². The maximum atomic E-state index is 12.8. The lowest BCUT2D eigenvalue weighted by atomic mass is 10.0. The molecule has 0 aliphatic rings. The lowest BCUT2D eigenvalue weighted by molar-refractivity contribution is -0.166. The van der Waals surface area contributed by atoms with Gasteiger partial charge in [-0.05, 0) is 57.8 Å². The molecular weight excluding hydrogens is 757 g/mol. The molecule has 0 rings (SSSR count). The highest BCUT2D eigenvalue weighted by molar-refractivity contribution is 5.71. The molecule has 0 aliphatic carbocycles. The Hall–Kier alpha value is -2.89. The van der Waals surface area contributed by atoms with Crippen LogP contribution in [-0.4, -0.2) is 37.2 Å². The number of hydrogen-bond acceptors (Lipinski definition) is 6. The number of rotatable bonds is 46. The van der Waals surface area contributed by atoms with E-state index in [2.05, 4.69) is 75.5 Å². The molecule has 0 radical (unpaired) electrons. The van der Waals surface area contributed by atoms with Gasteiger partial charge in [-0.1, -0.05) is 236 Å². The van der Waals surface area contributed by atoms with Crippen LogP contribution in [0.4, 0.5) is 0 Å². The van der Waals surface area contributed by atoms with Gasteiger partial charge in [0.25, 0.3) is 0 Å². The molecular formula is C55H96O6. The minimum Gasteiger partial charge on any atom is -0.462 e. The van der Waals surface area contributed by atoms with Crippen molar-refractivity contribution >= 4 is 17.9 Å². The van der Waals surface area contributed by atoms with Crippen LogP contribution in [0.5, 0.6) is 0 Å². The zero-order valence-electron chi connectivity index (χ0n) is 40.2. The van der Waals surface area contributed by atoms with Crippen molar-refractivity contribution in [2.24, 2.45) is 0 Å². The number of ether oxygens (including phenoxy) is 3. The van der Waals surface area contributed by atoms with Gasteiger partial charge in [0.2, 0.25) is 0 Å². The van der Waals surface area contributed by atoms with Crippen LogP contribution in [0.3, 0.4) is 0 Å². The molecule has 0 amide bonds. The second-order valence-corrected chi connectivity index (χ2v) is 17.1. The van der Waals surface area contributed by atoms with E-state index in [1.807, 2.05) is 6.08 Å². The lowest BCUT2D eigenvalue weighted by Crippen LogP contribution is -2.30. The third kappa shape index (κ3) is 48.0. The fourth-order valence-electron chi connectivity index (χ4n) is 7.13. The first-order valence-corrected chi connectivity index (χ1v) is 25.8. The van der Waals surface area contributed by atoms with Gasteiger partial charge in [-0.15, -0.1) is 0 Å². The summed E-state index contributed by atoms with van der Waals surface area (Å²) in [6.07, 6.45) is 60.7. The lowest BCUT2D eigenvalue weighted by Gasteiger charge is -2.18. The largest absolute Gasteiger partial charge is 0.462 e. The van der Waals surface area contributed by atoms with Crippen LogP contribution in [0.25, 0.3) is 0 Å². The highest BCUT2D eigenvalue weighted by Gasteiger charge is 2.19. The molecule has 61 heavy (non-hydrogen) atoms. The van der Waals surface area contributed by atoms with E-state index in [1.165, 1.54) is 141 Å². The van der Waals surface area contributed by atoms with Gasteiger partial charge in [-0.25, -0.2) is 0 Å². The first-order chi connectivity index (χ1) is 30.0. The van der Waals surface area contributed by atoms with Gasteiger partial charge in [0.1, 0.15) is 13.2 Å². The van der Waals surface area contributed by atoms with Crippen LogP contribution in [-0.2, 0) is 28.6 Å². The van der Waals surface area contributed by atoms with Gasteiger partial charge in [0.15, 0.2) is 6.10 Å². The van der Waals surface area contributed by atoms with E-state index >= 15 is 0 Å². The normalized spacial score (nSPS) is 12.5. The number of carbonyl (C=O) groups excluding carboxylic acids is 3. The van der Waals surface area contributed by atoms with E-state index in [0.29, 0.717) is 19.3 Å². The maximum absolute atomic E-state index is 12.8. The molecule has 0 aliphatic heterocycles. The third-order valence-electron chi connectivity index (χ3n) is 11.0. The van der Waals surface area contributed by atoms with E-state index < -0.39 is 6.10 Å². The second-order valence-electron chi connectivity index (χ2n) is 17.1. The molecule has 0 N–H and O–H groups in total. The molecule has 0 aromatic carbocycles. The van der Waals surface area contributed by atoms with Gasteiger partial charge in [0.05, 0.1) is 0 Å². The molecule has 0 saturated carbocycles. The van der Waals surface area contributed by atoms with Gasteiger partial charge in [-0.2, -0.15) is 0 Å². The standard InChI is InChI=1S/C55H96O6/c1-4-7-10-13-16-19-22-25-26-27-28-29-30-31-34-36-39-42-45-48-54(57)60-51-52(61-55(58)49-46-43-40-37-33-24-21-18-15-12-9-6-3)50-59-53(56)47-44-41-38-35-32-23-20-17-14-11-8-5-2/h16,19,25-26,28-29,31,34,39,42,52H,4-15,17-18,20-24,27,30,32-33,35-38,40-41,43-51H2,1-3H3/b19-16-,26-25-,29-28-,34-31-,42-39-/t52-/m0/s1.